The van der Waals surface area contributed by atoms with Crippen LogP contribution in [-0.2, 0) is 6.61 Å². The summed E-state index contributed by atoms with van der Waals surface area (Å²) >= 11 is 0. The number of rotatable bonds is 5. The van der Waals surface area contributed by atoms with Gasteiger partial charge in [0.1, 0.15) is 12.2 Å². The van der Waals surface area contributed by atoms with Crippen LogP contribution in [0.3, 0.4) is 0 Å². The Bertz CT molecular complexity index is 933. The first kappa shape index (κ1) is 16.5. The maximum absolute atomic E-state index is 12.5. The van der Waals surface area contributed by atoms with Gasteiger partial charge in [-0.3, -0.25) is 9.59 Å². The fourth-order valence-corrected chi connectivity index (χ4v) is 2.37. The Morgan fingerprint density at radius 1 is 1.00 bits per heavy atom. The molecule has 1 heterocycles. The van der Waals surface area contributed by atoms with E-state index in [1.54, 1.807) is 12.1 Å². The molecule has 25 heavy (non-hydrogen) atoms. The van der Waals surface area contributed by atoms with Gasteiger partial charge in [-0.05, 0) is 36.2 Å². The van der Waals surface area contributed by atoms with Crippen molar-refractivity contribution in [1.29, 1.82) is 0 Å². The first-order chi connectivity index (χ1) is 12.1. The molecule has 0 fully saturated rings. The predicted octanol–water partition coefficient (Wildman–Crippen LogP) is 3.04. The van der Waals surface area contributed by atoms with Crippen molar-refractivity contribution in [3.8, 4) is 0 Å². The molecule has 0 saturated carbocycles. The number of anilines is 1. The van der Waals surface area contributed by atoms with Crippen molar-refractivity contribution in [2.75, 3.05) is 5.32 Å². The van der Waals surface area contributed by atoms with E-state index in [-0.39, 0.29) is 12.2 Å². The Hall–Kier alpha value is -3.34. The van der Waals surface area contributed by atoms with E-state index >= 15 is 0 Å². The van der Waals surface area contributed by atoms with Gasteiger partial charge in [-0.25, -0.2) is 0 Å². The van der Waals surface area contributed by atoms with Gasteiger partial charge >= 0.3 is 0 Å². The number of benzene rings is 2. The van der Waals surface area contributed by atoms with Crippen LogP contribution in [0.15, 0.2) is 77.7 Å². The van der Waals surface area contributed by atoms with Crippen molar-refractivity contribution < 1.29 is 9.63 Å². The lowest BCUT2D eigenvalue weighted by molar-refractivity contribution is 0.0863. The molecule has 5 heteroatoms. The summed E-state index contributed by atoms with van der Waals surface area (Å²) in [5, 5.41) is 2.76. The van der Waals surface area contributed by atoms with Crippen molar-refractivity contribution in [1.82, 2.24) is 4.73 Å². The molecule has 0 atom stereocenters. The summed E-state index contributed by atoms with van der Waals surface area (Å²) in [5.74, 6) is -0.461. The standard InChI is InChI=1S/C20H18N2O3/c1-15-8-5-6-12-18(15)21-19(23)17-11-7-13-22(20(17)24)25-14-16-9-3-2-4-10-16/h2-13H,14H2,1H3,(H,21,23). The van der Waals surface area contributed by atoms with E-state index < -0.39 is 11.5 Å². The van der Waals surface area contributed by atoms with E-state index in [1.165, 1.54) is 12.3 Å². The molecule has 126 valence electrons. The SMILES string of the molecule is Cc1ccccc1NC(=O)c1cccn(OCc2ccccc2)c1=O. The molecule has 0 aliphatic carbocycles. The highest BCUT2D eigenvalue weighted by Gasteiger charge is 2.13. The lowest BCUT2D eigenvalue weighted by atomic mass is 10.2. The van der Waals surface area contributed by atoms with Crippen molar-refractivity contribution in [2.24, 2.45) is 0 Å². The van der Waals surface area contributed by atoms with Gasteiger partial charge in [0.15, 0.2) is 0 Å². The first-order valence-electron chi connectivity index (χ1n) is 7.91. The smallest absolute Gasteiger partial charge is 0.295 e. The molecule has 1 amide bonds. The van der Waals surface area contributed by atoms with Crippen LogP contribution in [0.5, 0.6) is 0 Å². The van der Waals surface area contributed by atoms with E-state index in [4.69, 9.17) is 4.84 Å². The van der Waals surface area contributed by atoms with E-state index in [0.717, 1.165) is 15.9 Å². The molecule has 3 aromatic rings. The second kappa shape index (κ2) is 7.49. The number of pyridine rings is 1. The van der Waals surface area contributed by atoms with Crippen LogP contribution in [0.1, 0.15) is 21.5 Å². The van der Waals surface area contributed by atoms with Crippen LogP contribution in [0.25, 0.3) is 0 Å². The molecule has 0 aliphatic rings. The fourth-order valence-electron chi connectivity index (χ4n) is 2.37. The number of amides is 1. The molecular weight excluding hydrogens is 316 g/mol. The maximum atomic E-state index is 12.5. The highest BCUT2D eigenvalue weighted by molar-refractivity contribution is 6.04. The van der Waals surface area contributed by atoms with Crippen molar-refractivity contribution >= 4 is 11.6 Å². The van der Waals surface area contributed by atoms with Gasteiger partial charge in [-0.1, -0.05) is 48.5 Å². The molecule has 0 radical (unpaired) electrons. The number of hydrogen-bond acceptors (Lipinski definition) is 3. The molecule has 2 aromatic carbocycles. The van der Waals surface area contributed by atoms with Crippen LogP contribution in [0, 0.1) is 6.92 Å². The molecule has 1 aromatic heterocycles. The number of carbonyl (C=O) groups excluding carboxylic acids is 1. The fraction of sp³-hybridized carbons (Fsp3) is 0.100. The molecular formula is C20H18N2O3. The molecule has 0 saturated heterocycles. The number of aromatic nitrogens is 1. The Balaban J connectivity index is 1.77. The van der Waals surface area contributed by atoms with Crippen LogP contribution >= 0.6 is 0 Å². The zero-order valence-electron chi connectivity index (χ0n) is 13.8. The van der Waals surface area contributed by atoms with E-state index in [1.807, 2.05) is 55.5 Å². The normalized spacial score (nSPS) is 10.3. The number of hydrogen-bond donors (Lipinski definition) is 1. The van der Waals surface area contributed by atoms with E-state index in [0.29, 0.717) is 5.69 Å². The molecule has 0 aliphatic heterocycles. The number of aryl methyl sites for hydroxylation is 1. The third-order valence-corrected chi connectivity index (χ3v) is 3.77. The van der Waals surface area contributed by atoms with Gasteiger partial charge in [0.05, 0.1) is 0 Å². The van der Waals surface area contributed by atoms with Gasteiger partial charge < -0.3 is 10.2 Å². The number of carbonyl (C=O) groups is 1. The Kier molecular flexibility index (Phi) is 4.95. The molecule has 5 nitrogen and oxygen atoms in total. The van der Waals surface area contributed by atoms with Crippen LogP contribution in [0.2, 0.25) is 0 Å². The Morgan fingerprint density at radius 2 is 1.72 bits per heavy atom. The second-order valence-corrected chi connectivity index (χ2v) is 5.58. The van der Waals surface area contributed by atoms with Crippen molar-refractivity contribution in [2.45, 2.75) is 13.5 Å². The lowest BCUT2D eigenvalue weighted by Crippen LogP contribution is -2.32. The summed E-state index contributed by atoms with van der Waals surface area (Å²) in [6.07, 6.45) is 1.50. The topological polar surface area (TPSA) is 60.3 Å². The van der Waals surface area contributed by atoms with Crippen LogP contribution in [0.4, 0.5) is 5.69 Å². The average molecular weight is 334 g/mol. The lowest BCUT2D eigenvalue weighted by Gasteiger charge is -2.11. The van der Waals surface area contributed by atoms with Gasteiger partial charge in [0.2, 0.25) is 0 Å². The Labute approximate surface area is 145 Å². The minimum Gasteiger partial charge on any atom is -0.406 e. The molecule has 0 unspecified atom stereocenters. The van der Waals surface area contributed by atoms with Crippen LogP contribution < -0.4 is 15.7 Å². The van der Waals surface area contributed by atoms with Gasteiger partial charge in [0.25, 0.3) is 11.5 Å². The van der Waals surface area contributed by atoms with E-state index in [2.05, 4.69) is 5.32 Å². The molecule has 0 spiro atoms. The largest absolute Gasteiger partial charge is 0.406 e. The Morgan fingerprint density at radius 3 is 2.48 bits per heavy atom. The number of para-hydroxylation sites is 1. The van der Waals surface area contributed by atoms with Gasteiger partial charge in [-0.15, -0.1) is 0 Å². The molecule has 1 N–H and O–H groups in total. The summed E-state index contributed by atoms with van der Waals surface area (Å²) < 4.78 is 1.08. The number of nitrogens with one attached hydrogen (secondary N) is 1. The monoisotopic (exact) mass is 334 g/mol. The third kappa shape index (κ3) is 3.95. The van der Waals surface area contributed by atoms with Crippen LogP contribution in [-0.4, -0.2) is 10.6 Å². The molecule has 3 rings (SSSR count). The zero-order valence-corrected chi connectivity index (χ0v) is 13.8. The maximum Gasteiger partial charge on any atom is 0.295 e. The average Bonchev–Trinajstić information content (AvgIpc) is 2.63. The van der Waals surface area contributed by atoms with Crippen molar-refractivity contribution in [3.05, 3.63) is 100.0 Å². The summed E-state index contributed by atoms with van der Waals surface area (Å²) in [7, 11) is 0. The summed E-state index contributed by atoms with van der Waals surface area (Å²) in [4.78, 5) is 30.4. The summed E-state index contributed by atoms with van der Waals surface area (Å²) in [6, 6.07) is 20.0. The number of nitrogens with zero attached hydrogens (tertiary/aromatic N) is 1. The quantitative estimate of drug-likeness (QED) is 0.780. The zero-order chi connectivity index (χ0) is 17.6. The van der Waals surface area contributed by atoms with E-state index in [9.17, 15) is 9.59 Å². The minimum absolute atomic E-state index is 0.0267. The highest BCUT2D eigenvalue weighted by atomic mass is 16.7. The predicted molar refractivity (Wildman–Crippen MR) is 96.6 cm³/mol. The third-order valence-electron chi connectivity index (χ3n) is 3.77. The second-order valence-electron chi connectivity index (χ2n) is 5.58. The minimum atomic E-state index is -0.496. The van der Waals surface area contributed by atoms with Crippen molar-refractivity contribution in [3.63, 3.8) is 0 Å². The highest BCUT2D eigenvalue weighted by Crippen LogP contribution is 2.13. The van der Waals surface area contributed by atoms with Gasteiger partial charge in [0, 0.05) is 11.9 Å². The van der Waals surface area contributed by atoms with Gasteiger partial charge in [-0.2, -0.15) is 4.73 Å². The first-order valence-corrected chi connectivity index (χ1v) is 7.91. The summed E-state index contributed by atoms with van der Waals surface area (Å²) in [6.45, 7) is 2.13. The summed E-state index contributed by atoms with van der Waals surface area (Å²) in [5.41, 5.74) is 2.06. The molecule has 0 bridgehead atoms.